The first-order valence-corrected chi connectivity index (χ1v) is 10.7. The second-order valence-corrected chi connectivity index (χ2v) is 11.6. The molecule has 0 heterocycles. The fraction of sp³-hybridized carbons (Fsp3) is 0.500. The topological polar surface area (TPSA) is 63.3 Å². The number of thioether (sulfide) groups is 1. The largest absolute Gasteiger partial charge is 0.480 e. The second kappa shape index (κ2) is 7.12. The van der Waals surface area contributed by atoms with Crippen LogP contribution in [0.5, 0.6) is 0 Å². The van der Waals surface area contributed by atoms with E-state index in [0.29, 0.717) is 10.6 Å². The first-order valence-electron chi connectivity index (χ1n) is 6.55. The van der Waals surface area contributed by atoms with Gasteiger partial charge in [0.25, 0.3) is 0 Å². The highest BCUT2D eigenvalue weighted by molar-refractivity contribution is 8.01. The third-order valence-electron chi connectivity index (χ3n) is 3.49. The molecule has 19 heavy (non-hydrogen) atoms. The van der Waals surface area contributed by atoms with E-state index in [1.807, 2.05) is 6.07 Å². The number of benzene rings is 1. The van der Waals surface area contributed by atoms with Crippen molar-refractivity contribution >= 4 is 31.0 Å². The summed E-state index contributed by atoms with van der Waals surface area (Å²) in [6, 6.07) is 9.79. The molecule has 3 nitrogen and oxygen atoms in total. The van der Waals surface area contributed by atoms with Gasteiger partial charge in [0.1, 0.15) is 6.04 Å². The van der Waals surface area contributed by atoms with E-state index in [2.05, 4.69) is 44.3 Å². The Labute approximate surface area is 120 Å². The monoisotopic (exact) mass is 297 g/mol. The van der Waals surface area contributed by atoms with E-state index in [4.69, 9.17) is 10.8 Å². The summed E-state index contributed by atoms with van der Waals surface area (Å²) < 4.78 is 0. The Balaban J connectivity index is 2.76. The van der Waals surface area contributed by atoms with E-state index in [-0.39, 0.29) is 0 Å². The second-order valence-electron chi connectivity index (χ2n) is 5.26. The molecule has 0 aliphatic carbocycles. The average molecular weight is 297 g/mol. The van der Waals surface area contributed by atoms with Crippen LogP contribution >= 0.6 is 11.8 Å². The summed E-state index contributed by atoms with van der Waals surface area (Å²) in [4.78, 5) is 11.3. The van der Waals surface area contributed by atoms with Gasteiger partial charge >= 0.3 is 5.97 Å². The predicted octanol–water partition coefficient (Wildman–Crippen LogP) is 2.06. The minimum atomic E-state index is -1.60. The summed E-state index contributed by atoms with van der Waals surface area (Å²) >= 11 is 1.72. The molecule has 2 unspecified atom stereocenters. The van der Waals surface area contributed by atoms with Crippen LogP contribution in [0.2, 0.25) is 13.1 Å². The highest BCUT2D eigenvalue weighted by Crippen LogP contribution is 2.25. The van der Waals surface area contributed by atoms with E-state index in [1.165, 1.54) is 5.19 Å². The molecule has 0 aliphatic heterocycles. The van der Waals surface area contributed by atoms with Gasteiger partial charge in [0.15, 0.2) is 0 Å². The molecule has 2 atom stereocenters. The van der Waals surface area contributed by atoms with Crippen LogP contribution in [0.25, 0.3) is 0 Å². The third kappa shape index (κ3) is 4.37. The van der Waals surface area contributed by atoms with Crippen molar-refractivity contribution in [3.05, 3.63) is 30.3 Å². The van der Waals surface area contributed by atoms with Crippen molar-refractivity contribution in [1.29, 1.82) is 0 Å². The number of carbonyl (C=O) groups is 1. The number of nitrogens with two attached hydrogens (primary N) is 1. The number of hydrogen-bond acceptors (Lipinski definition) is 3. The predicted molar refractivity (Wildman–Crippen MR) is 85.7 cm³/mol. The number of carboxylic acid groups (broad SMARTS) is 1. The molecule has 0 aliphatic rings. The van der Waals surface area contributed by atoms with Crippen molar-refractivity contribution in [2.75, 3.05) is 5.75 Å². The maximum absolute atomic E-state index is 10.8. The van der Waals surface area contributed by atoms with Gasteiger partial charge in [-0.25, -0.2) is 0 Å². The normalized spacial score (nSPS) is 14.9. The van der Waals surface area contributed by atoms with E-state index in [0.717, 1.165) is 6.42 Å². The number of aliphatic carboxylic acids is 1. The van der Waals surface area contributed by atoms with Crippen molar-refractivity contribution in [2.24, 2.45) is 5.73 Å². The van der Waals surface area contributed by atoms with Gasteiger partial charge in [0, 0.05) is 10.6 Å². The molecule has 3 N–H and O–H groups in total. The molecular formula is C14H23NO2SSi. The summed E-state index contributed by atoms with van der Waals surface area (Å²) in [6.45, 7) is 6.85. The van der Waals surface area contributed by atoms with E-state index in [1.54, 1.807) is 11.8 Å². The van der Waals surface area contributed by atoms with Gasteiger partial charge < -0.3 is 10.8 Å². The Bertz CT molecular complexity index is 411. The summed E-state index contributed by atoms with van der Waals surface area (Å²) in [5, 5.41) is 10.3. The Morgan fingerprint density at radius 2 is 1.95 bits per heavy atom. The Morgan fingerprint density at radius 3 is 2.42 bits per heavy atom. The van der Waals surface area contributed by atoms with Crippen LogP contribution in [0.1, 0.15) is 13.3 Å². The molecule has 0 bridgehead atoms. The number of hydrogen-bond donors (Lipinski definition) is 2. The highest BCUT2D eigenvalue weighted by Gasteiger charge is 2.33. The lowest BCUT2D eigenvalue weighted by Gasteiger charge is -2.32. The minimum Gasteiger partial charge on any atom is -0.480 e. The van der Waals surface area contributed by atoms with Crippen LogP contribution < -0.4 is 10.9 Å². The molecular weight excluding hydrogens is 274 g/mol. The third-order valence-corrected chi connectivity index (χ3v) is 10.9. The molecule has 1 aromatic rings. The van der Waals surface area contributed by atoms with Crippen LogP contribution in [0.4, 0.5) is 0 Å². The summed E-state index contributed by atoms with van der Waals surface area (Å²) in [5.74, 6) is -0.432. The van der Waals surface area contributed by atoms with Gasteiger partial charge in [-0.1, -0.05) is 55.5 Å². The maximum atomic E-state index is 10.8. The van der Waals surface area contributed by atoms with Crippen molar-refractivity contribution in [3.63, 3.8) is 0 Å². The molecule has 5 heteroatoms. The molecule has 1 rings (SSSR count). The highest BCUT2D eigenvalue weighted by atomic mass is 32.2. The molecule has 0 saturated carbocycles. The van der Waals surface area contributed by atoms with Crippen molar-refractivity contribution < 1.29 is 9.90 Å². The van der Waals surface area contributed by atoms with E-state index >= 15 is 0 Å². The summed E-state index contributed by atoms with van der Waals surface area (Å²) in [7, 11) is -1.60. The van der Waals surface area contributed by atoms with Crippen LogP contribution in [-0.4, -0.2) is 35.8 Å². The molecule has 0 amide bonds. The quantitative estimate of drug-likeness (QED) is 0.756. The fourth-order valence-corrected chi connectivity index (χ4v) is 7.81. The lowest BCUT2D eigenvalue weighted by atomic mass is 10.4. The molecule has 0 fully saturated rings. The van der Waals surface area contributed by atoms with Crippen molar-refractivity contribution in [2.45, 2.75) is 37.4 Å². The van der Waals surface area contributed by atoms with Gasteiger partial charge in [-0.15, -0.1) is 0 Å². The lowest BCUT2D eigenvalue weighted by molar-refractivity contribution is -0.137. The summed E-state index contributed by atoms with van der Waals surface area (Å²) in [6.07, 6.45) is 1.05. The molecule has 1 aromatic carbocycles. The van der Waals surface area contributed by atoms with Crippen LogP contribution in [-0.2, 0) is 4.79 Å². The number of rotatable bonds is 7. The summed E-state index contributed by atoms with van der Waals surface area (Å²) in [5.41, 5.74) is 5.60. The molecule has 0 spiro atoms. The SMILES string of the molecule is CCC(SCC(N)C(=O)O)[Si](C)(C)c1ccccc1. The van der Waals surface area contributed by atoms with Gasteiger partial charge in [0.2, 0.25) is 0 Å². The zero-order valence-corrected chi connectivity index (χ0v) is 13.6. The van der Waals surface area contributed by atoms with Crippen LogP contribution in [0.15, 0.2) is 30.3 Å². The van der Waals surface area contributed by atoms with E-state index < -0.39 is 20.1 Å². The van der Waals surface area contributed by atoms with Crippen LogP contribution in [0, 0.1) is 0 Å². The zero-order chi connectivity index (χ0) is 14.5. The Kier molecular flexibility index (Phi) is 6.10. The average Bonchev–Trinajstić information content (AvgIpc) is 2.39. The van der Waals surface area contributed by atoms with Crippen LogP contribution in [0.3, 0.4) is 0 Å². The standard InChI is InChI=1S/C14H23NO2SSi/c1-4-13(18-10-12(15)14(16)17)19(2,3)11-8-6-5-7-9-11/h5-9,12-13H,4,10,15H2,1-3H3,(H,16,17). The molecule has 0 radical (unpaired) electrons. The van der Waals surface area contributed by atoms with Crippen molar-refractivity contribution in [3.8, 4) is 0 Å². The molecule has 0 saturated heterocycles. The fourth-order valence-electron chi connectivity index (χ4n) is 2.18. The molecule has 106 valence electrons. The van der Waals surface area contributed by atoms with Gasteiger partial charge in [-0.3, -0.25) is 4.79 Å². The minimum absolute atomic E-state index is 0.483. The van der Waals surface area contributed by atoms with E-state index in [9.17, 15) is 4.79 Å². The van der Waals surface area contributed by atoms with Gasteiger partial charge in [-0.2, -0.15) is 11.8 Å². The Morgan fingerprint density at radius 1 is 1.37 bits per heavy atom. The Hall–Kier alpha value is -0.783. The maximum Gasteiger partial charge on any atom is 0.321 e. The molecule has 0 aromatic heterocycles. The first-order chi connectivity index (χ1) is 8.89. The smallest absolute Gasteiger partial charge is 0.321 e. The van der Waals surface area contributed by atoms with Gasteiger partial charge in [0.05, 0.1) is 8.07 Å². The zero-order valence-electron chi connectivity index (χ0n) is 11.8. The number of carboxylic acids is 1. The first kappa shape index (κ1) is 16.3. The lowest BCUT2D eigenvalue weighted by Crippen LogP contribution is -2.51. The van der Waals surface area contributed by atoms with Gasteiger partial charge in [-0.05, 0) is 6.42 Å². The van der Waals surface area contributed by atoms with Crippen molar-refractivity contribution in [1.82, 2.24) is 0 Å².